The number of piperidine rings is 1. The normalized spacial score (nSPS) is 15.8. The van der Waals surface area contributed by atoms with E-state index < -0.39 is 0 Å². The molecule has 0 bridgehead atoms. The van der Waals surface area contributed by atoms with Gasteiger partial charge in [-0.25, -0.2) is 0 Å². The summed E-state index contributed by atoms with van der Waals surface area (Å²) in [5.74, 6) is 2.52. The summed E-state index contributed by atoms with van der Waals surface area (Å²) in [5, 5.41) is 8.04. The summed E-state index contributed by atoms with van der Waals surface area (Å²) in [6.07, 6.45) is 2.50. The van der Waals surface area contributed by atoms with Crippen molar-refractivity contribution in [1.29, 1.82) is 0 Å². The summed E-state index contributed by atoms with van der Waals surface area (Å²) < 4.78 is 10.7. The van der Waals surface area contributed by atoms with Crippen LogP contribution < -0.4 is 10.1 Å². The first-order chi connectivity index (χ1) is 16.9. The second-order valence-electron chi connectivity index (χ2n) is 9.54. The van der Waals surface area contributed by atoms with Gasteiger partial charge in [0.15, 0.2) is 0 Å². The van der Waals surface area contributed by atoms with E-state index in [9.17, 15) is 4.79 Å². The molecule has 2 heterocycles. The van der Waals surface area contributed by atoms with Crippen LogP contribution in [-0.4, -0.2) is 41.1 Å². The average Bonchev–Trinajstić information content (AvgIpc) is 3.32. The molecule has 1 saturated heterocycles. The molecule has 1 atom stereocenters. The highest BCUT2D eigenvalue weighted by Gasteiger charge is 2.28. The summed E-state index contributed by atoms with van der Waals surface area (Å²) in [7, 11) is 1.66. The Morgan fingerprint density at radius 3 is 2.60 bits per heavy atom. The Morgan fingerprint density at radius 2 is 1.94 bits per heavy atom. The van der Waals surface area contributed by atoms with E-state index in [1.807, 2.05) is 48.5 Å². The Morgan fingerprint density at radius 1 is 1.20 bits per heavy atom. The lowest BCUT2D eigenvalue weighted by Gasteiger charge is -2.31. The zero-order valence-corrected chi connectivity index (χ0v) is 21.3. The van der Waals surface area contributed by atoms with Crippen LogP contribution in [0.2, 0.25) is 5.02 Å². The molecular weight excluding hydrogens is 464 g/mol. The Bertz CT molecular complexity index is 1110. The van der Waals surface area contributed by atoms with E-state index in [-0.39, 0.29) is 17.9 Å². The van der Waals surface area contributed by atoms with E-state index in [4.69, 9.17) is 20.9 Å². The molecule has 1 unspecified atom stereocenters. The van der Waals surface area contributed by atoms with Crippen molar-refractivity contribution in [2.45, 2.75) is 45.7 Å². The number of likely N-dealkylation sites (tertiary alicyclic amines) is 1. The smallest absolute Gasteiger partial charge is 0.241 e. The number of carbonyl (C=O) groups is 1. The Kier molecular flexibility index (Phi) is 8.42. The first-order valence-electron chi connectivity index (χ1n) is 12.2. The van der Waals surface area contributed by atoms with E-state index in [1.165, 1.54) is 0 Å². The highest BCUT2D eigenvalue weighted by Crippen LogP contribution is 2.26. The van der Waals surface area contributed by atoms with Gasteiger partial charge in [-0.1, -0.05) is 54.9 Å². The van der Waals surface area contributed by atoms with Crippen LogP contribution in [0, 0.1) is 11.8 Å². The first kappa shape index (κ1) is 25.2. The SMILES string of the molecule is COc1ccc(C(CC(C)C)NC(=O)C2CCN(Cc3nc(-c4cccc(Cl)c4)no3)CC2)cc1. The number of hydrogen-bond donors (Lipinski definition) is 1. The van der Waals surface area contributed by atoms with Crippen molar-refractivity contribution in [3.8, 4) is 17.1 Å². The monoisotopic (exact) mass is 496 g/mol. The molecule has 1 amide bonds. The molecule has 7 nitrogen and oxygen atoms in total. The van der Waals surface area contributed by atoms with E-state index in [0.717, 1.165) is 49.2 Å². The summed E-state index contributed by atoms with van der Waals surface area (Å²) >= 11 is 6.07. The summed E-state index contributed by atoms with van der Waals surface area (Å²) in [4.78, 5) is 19.9. The zero-order valence-electron chi connectivity index (χ0n) is 20.5. The first-order valence-corrected chi connectivity index (χ1v) is 12.5. The number of ether oxygens (including phenoxy) is 1. The third-order valence-electron chi connectivity index (χ3n) is 6.41. The van der Waals surface area contributed by atoms with Crippen molar-refractivity contribution in [2.75, 3.05) is 20.2 Å². The maximum atomic E-state index is 13.1. The lowest BCUT2D eigenvalue weighted by atomic mass is 9.93. The summed E-state index contributed by atoms with van der Waals surface area (Å²) in [6.45, 7) is 6.55. The van der Waals surface area contributed by atoms with Crippen molar-refractivity contribution in [3.63, 3.8) is 0 Å². The number of rotatable bonds is 9. The third-order valence-corrected chi connectivity index (χ3v) is 6.65. The van der Waals surface area contributed by atoms with Crippen LogP contribution in [0.15, 0.2) is 53.1 Å². The van der Waals surface area contributed by atoms with Crippen LogP contribution in [0.5, 0.6) is 5.75 Å². The minimum absolute atomic E-state index is 0.00358. The summed E-state index contributed by atoms with van der Waals surface area (Å²) in [6, 6.07) is 15.4. The molecule has 186 valence electrons. The van der Waals surface area contributed by atoms with Crippen molar-refractivity contribution < 1.29 is 14.1 Å². The fourth-order valence-corrected chi connectivity index (χ4v) is 4.67. The molecule has 0 saturated carbocycles. The highest BCUT2D eigenvalue weighted by molar-refractivity contribution is 6.30. The minimum Gasteiger partial charge on any atom is -0.497 e. The number of benzene rings is 2. The third kappa shape index (κ3) is 6.83. The lowest BCUT2D eigenvalue weighted by Crippen LogP contribution is -2.41. The van der Waals surface area contributed by atoms with Gasteiger partial charge >= 0.3 is 0 Å². The zero-order chi connectivity index (χ0) is 24.8. The van der Waals surface area contributed by atoms with Gasteiger partial charge in [0.2, 0.25) is 17.6 Å². The van der Waals surface area contributed by atoms with Crippen molar-refractivity contribution in [2.24, 2.45) is 11.8 Å². The number of nitrogens with zero attached hydrogens (tertiary/aromatic N) is 3. The van der Waals surface area contributed by atoms with Crippen LogP contribution in [0.1, 0.15) is 50.6 Å². The molecule has 4 rings (SSSR count). The van der Waals surface area contributed by atoms with Gasteiger partial charge in [-0.05, 0) is 68.1 Å². The predicted octanol–water partition coefficient (Wildman–Crippen LogP) is 5.51. The Hall–Kier alpha value is -2.90. The largest absolute Gasteiger partial charge is 0.497 e. The van der Waals surface area contributed by atoms with Gasteiger partial charge in [0.1, 0.15) is 5.75 Å². The van der Waals surface area contributed by atoms with Crippen LogP contribution >= 0.6 is 11.6 Å². The van der Waals surface area contributed by atoms with Crippen LogP contribution in [0.4, 0.5) is 0 Å². The summed E-state index contributed by atoms with van der Waals surface area (Å²) in [5.41, 5.74) is 1.94. The van der Waals surface area contributed by atoms with E-state index in [2.05, 4.69) is 34.2 Å². The predicted molar refractivity (Wildman–Crippen MR) is 136 cm³/mol. The second kappa shape index (κ2) is 11.7. The van der Waals surface area contributed by atoms with Gasteiger partial charge in [-0.2, -0.15) is 4.98 Å². The Balaban J connectivity index is 1.30. The molecule has 0 aliphatic carbocycles. The van der Waals surface area contributed by atoms with Crippen LogP contribution in [0.25, 0.3) is 11.4 Å². The van der Waals surface area contributed by atoms with Crippen LogP contribution in [-0.2, 0) is 11.3 Å². The number of amides is 1. The molecule has 1 aromatic heterocycles. The number of nitrogens with one attached hydrogen (secondary N) is 1. The molecule has 2 aromatic carbocycles. The maximum Gasteiger partial charge on any atom is 0.241 e. The van der Waals surface area contributed by atoms with Gasteiger partial charge in [-0.15, -0.1) is 0 Å². The van der Waals surface area contributed by atoms with Crippen molar-refractivity contribution in [3.05, 3.63) is 65.0 Å². The van der Waals surface area contributed by atoms with E-state index in [1.54, 1.807) is 7.11 Å². The standard InChI is InChI=1S/C27H33ClN4O3/c1-18(2)15-24(19-7-9-23(34-3)10-8-19)29-27(33)20-11-13-32(14-12-20)17-25-30-26(31-35-25)21-5-4-6-22(28)16-21/h4-10,16,18,20,24H,11-15,17H2,1-3H3,(H,29,33). The number of carbonyl (C=O) groups excluding carboxylic acids is 1. The van der Waals surface area contributed by atoms with Gasteiger partial charge in [-0.3, -0.25) is 9.69 Å². The number of aromatic nitrogens is 2. The van der Waals surface area contributed by atoms with Crippen molar-refractivity contribution >= 4 is 17.5 Å². The van der Waals surface area contributed by atoms with Gasteiger partial charge in [0.25, 0.3) is 0 Å². The quantitative estimate of drug-likeness (QED) is 0.420. The molecule has 3 aromatic rings. The van der Waals surface area contributed by atoms with Crippen LogP contribution in [0.3, 0.4) is 0 Å². The number of hydrogen-bond acceptors (Lipinski definition) is 6. The van der Waals surface area contributed by atoms with E-state index >= 15 is 0 Å². The molecule has 35 heavy (non-hydrogen) atoms. The number of methoxy groups -OCH3 is 1. The molecular formula is C27H33ClN4O3. The fourth-order valence-electron chi connectivity index (χ4n) is 4.48. The fraction of sp³-hybridized carbons (Fsp3) is 0.444. The lowest BCUT2D eigenvalue weighted by molar-refractivity contribution is -0.127. The van der Waals surface area contributed by atoms with E-state index in [0.29, 0.717) is 29.2 Å². The molecule has 1 fully saturated rings. The molecule has 0 radical (unpaired) electrons. The molecule has 0 spiro atoms. The molecule has 8 heteroatoms. The maximum absolute atomic E-state index is 13.1. The average molecular weight is 497 g/mol. The van der Waals surface area contributed by atoms with Gasteiger partial charge in [0.05, 0.1) is 19.7 Å². The minimum atomic E-state index is -0.00487. The molecule has 1 N–H and O–H groups in total. The molecule has 1 aliphatic rings. The van der Waals surface area contributed by atoms with Gasteiger partial charge in [0, 0.05) is 16.5 Å². The highest BCUT2D eigenvalue weighted by atomic mass is 35.5. The molecule has 1 aliphatic heterocycles. The Labute approximate surface area is 211 Å². The topological polar surface area (TPSA) is 80.5 Å². The van der Waals surface area contributed by atoms with Gasteiger partial charge < -0.3 is 14.6 Å². The number of halogens is 1. The van der Waals surface area contributed by atoms with Crippen molar-refractivity contribution in [1.82, 2.24) is 20.4 Å². The second-order valence-corrected chi connectivity index (χ2v) is 9.97.